The van der Waals surface area contributed by atoms with Crippen LogP contribution in [0.5, 0.6) is 0 Å². The Morgan fingerprint density at radius 1 is 1.13 bits per heavy atom. The molecule has 8 heteroatoms. The Morgan fingerprint density at radius 2 is 1.60 bits per heavy atom. The van der Waals surface area contributed by atoms with Crippen LogP contribution in [-0.2, 0) is 9.09 Å². The number of phosphoric ester groups is 1. The molecule has 0 heterocycles. The Morgan fingerprint density at radius 3 is 2.00 bits per heavy atom. The molecule has 5 nitrogen and oxygen atoms in total. The van der Waals surface area contributed by atoms with Gasteiger partial charge in [0.1, 0.15) is 7.82 Å². The van der Waals surface area contributed by atoms with Crippen LogP contribution in [0.15, 0.2) is 30.3 Å². The van der Waals surface area contributed by atoms with Crippen molar-refractivity contribution >= 4 is 13.8 Å². The van der Waals surface area contributed by atoms with E-state index in [4.69, 9.17) is 0 Å². The van der Waals surface area contributed by atoms with E-state index in [0.717, 1.165) is 0 Å². The third-order valence-electron chi connectivity index (χ3n) is 1.20. The van der Waals surface area contributed by atoms with E-state index >= 15 is 0 Å². The second kappa shape index (κ2) is 7.33. The quantitative estimate of drug-likeness (QED) is 0.360. The van der Waals surface area contributed by atoms with Crippen LogP contribution in [0.1, 0.15) is 10.4 Å². The summed E-state index contributed by atoms with van der Waals surface area (Å²) in [4.78, 5) is 31.0. The molecule has 0 aliphatic rings. The van der Waals surface area contributed by atoms with Gasteiger partial charge in [-0.3, -0.25) is 0 Å². The van der Waals surface area contributed by atoms with Crippen molar-refractivity contribution in [2.45, 2.75) is 0 Å². The molecule has 0 saturated heterocycles. The van der Waals surface area contributed by atoms with E-state index in [1.807, 2.05) is 0 Å². The van der Waals surface area contributed by atoms with Crippen LogP contribution in [-0.4, -0.2) is 5.97 Å². The molecule has 70 valence electrons. The molecule has 0 fully saturated rings. The minimum Gasteiger partial charge on any atom is -0.780 e. The molecule has 0 amide bonds. The van der Waals surface area contributed by atoms with E-state index in [1.165, 1.54) is 24.3 Å². The normalized spacial score (nSPS) is 9.47. The average Bonchev–Trinajstić information content (AvgIpc) is 2.03. The van der Waals surface area contributed by atoms with Crippen molar-refractivity contribution in [2.24, 2.45) is 0 Å². The number of benzene rings is 1. The zero-order chi connectivity index (χ0) is 9.90. The minimum atomic E-state index is -5.24. The average molecular weight is 214 g/mol. The molecular weight excluding hydrogens is 209 g/mol. The Bertz CT molecular complexity index is 350. The topological polar surface area (TPSA) is 89.5 Å². The predicted molar refractivity (Wildman–Crippen MR) is 39.5 cm³/mol. The number of hydrogen-bond acceptors (Lipinski definition) is 5. The Hall–Kier alpha value is 0.0348. The van der Waals surface area contributed by atoms with Gasteiger partial charge < -0.3 is 18.9 Å². The zero-order valence-corrected chi connectivity index (χ0v) is 9.27. The van der Waals surface area contributed by atoms with E-state index in [0.29, 0.717) is 0 Å². The zero-order valence-electron chi connectivity index (χ0n) is 8.38. The first-order valence-electron chi connectivity index (χ1n) is 3.30. The smallest absolute Gasteiger partial charge is 0.780 e. The second-order valence-electron chi connectivity index (χ2n) is 2.19. The molecule has 1 aromatic rings. The van der Waals surface area contributed by atoms with Gasteiger partial charge in [-0.15, -0.1) is 0 Å². The molecule has 0 spiro atoms. The van der Waals surface area contributed by atoms with Gasteiger partial charge in [0.2, 0.25) is 0 Å². The summed E-state index contributed by atoms with van der Waals surface area (Å²) in [6.07, 6.45) is 0. The molecule has 0 atom stereocenters. The van der Waals surface area contributed by atoms with Crippen molar-refractivity contribution in [3.05, 3.63) is 35.9 Å². The van der Waals surface area contributed by atoms with Gasteiger partial charge in [-0.25, -0.2) is 4.79 Å². The standard InChI is InChI=1S/C7H7O5P.2Li/c8-7(12-13(9,10)11)6-4-2-1-3-5-6;;/h1-5H,(H2,9,10,11);;/q;2*+1/p-2. The van der Waals surface area contributed by atoms with Crippen LogP contribution < -0.4 is 47.5 Å². The Balaban J connectivity index is 0. The van der Waals surface area contributed by atoms with E-state index in [-0.39, 0.29) is 43.3 Å². The van der Waals surface area contributed by atoms with Crippen LogP contribution in [0.25, 0.3) is 0 Å². The van der Waals surface area contributed by atoms with Gasteiger partial charge in [0.25, 0.3) is 0 Å². The van der Waals surface area contributed by atoms with Crippen LogP contribution in [0, 0.1) is 0 Å². The molecule has 0 aliphatic carbocycles. The van der Waals surface area contributed by atoms with Gasteiger partial charge in [0.15, 0.2) is 0 Å². The monoisotopic (exact) mass is 214 g/mol. The number of phosphoric acid groups is 1. The molecule has 0 saturated carbocycles. The largest absolute Gasteiger partial charge is 1.00 e. The van der Waals surface area contributed by atoms with Crippen LogP contribution in [0.3, 0.4) is 0 Å². The van der Waals surface area contributed by atoms with Crippen LogP contribution in [0.2, 0.25) is 0 Å². The third-order valence-corrected chi connectivity index (χ3v) is 1.59. The molecule has 0 aromatic heterocycles. The van der Waals surface area contributed by atoms with Crippen molar-refractivity contribution < 1.29 is 61.4 Å². The van der Waals surface area contributed by atoms with E-state index < -0.39 is 13.8 Å². The summed E-state index contributed by atoms with van der Waals surface area (Å²) in [6.45, 7) is 0. The molecule has 0 unspecified atom stereocenters. The Labute approximate surface area is 111 Å². The molecule has 1 aromatic carbocycles. The number of rotatable bonds is 2. The van der Waals surface area contributed by atoms with Gasteiger partial charge in [0.05, 0.1) is 5.56 Å². The molecule has 0 N–H and O–H groups in total. The first kappa shape index (κ1) is 17.4. The number of hydrogen-bond donors (Lipinski definition) is 0. The molecule has 0 aliphatic heterocycles. The number of carbonyl (C=O) groups excluding carboxylic acids is 1. The van der Waals surface area contributed by atoms with Crippen LogP contribution in [0.4, 0.5) is 0 Å². The van der Waals surface area contributed by atoms with Crippen molar-refractivity contribution in [2.75, 3.05) is 0 Å². The second-order valence-corrected chi connectivity index (χ2v) is 3.27. The summed E-state index contributed by atoms with van der Waals surface area (Å²) in [6, 6.07) is 7.38. The van der Waals surface area contributed by atoms with Gasteiger partial charge >= 0.3 is 43.7 Å². The molecule has 0 radical (unpaired) electrons. The van der Waals surface area contributed by atoms with Gasteiger partial charge in [-0.05, 0) is 12.1 Å². The first-order valence-corrected chi connectivity index (χ1v) is 4.76. The van der Waals surface area contributed by atoms with E-state index in [2.05, 4.69) is 4.52 Å². The molecular formula is C7H5Li2O5P. The summed E-state index contributed by atoms with van der Waals surface area (Å²) < 4.78 is 13.7. The van der Waals surface area contributed by atoms with Gasteiger partial charge in [-0.1, -0.05) is 18.2 Å². The van der Waals surface area contributed by atoms with Gasteiger partial charge in [0, 0.05) is 0 Å². The maximum atomic E-state index is 10.9. The number of carbonyl (C=O) groups is 1. The summed E-state index contributed by atoms with van der Waals surface area (Å²) in [5, 5.41) is 0. The fourth-order valence-electron chi connectivity index (χ4n) is 0.728. The van der Waals surface area contributed by atoms with E-state index in [1.54, 1.807) is 6.07 Å². The van der Waals surface area contributed by atoms with Crippen LogP contribution >= 0.6 is 7.82 Å². The molecule has 0 bridgehead atoms. The molecule has 1 rings (SSSR count). The Kier molecular flexibility index (Phi) is 8.52. The fraction of sp³-hybridized carbons (Fsp3) is 0. The summed E-state index contributed by atoms with van der Waals surface area (Å²) in [7, 11) is -5.24. The van der Waals surface area contributed by atoms with Crippen molar-refractivity contribution in [1.29, 1.82) is 0 Å². The SMILES string of the molecule is O=C(OP(=O)([O-])[O-])c1ccccc1.[Li+].[Li+]. The van der Waals surface area contributed by atoms with Crippen molar-refractivity contribution in [1.82, 2.24) is 0 Å². The maximum absolute atomic E-state index is 10.9. The van der Waals surface area contributed by atoms with Gasteiger partial charge in [-0.2, -0.15) is 0 Å². The predicted octanol–water partition coefficient (Wildman–Crippen LogP) is -6.32. The molecule has 15 heavy (non-hydrogen) atoms. The summed E-state index contributed by atoms with van der Waals surface area (Å²) in [5.41, 5.74) is 0.0226. The summed E-state index contributed by atoms with van der Waals surface area (Å²) >= 11 is 0. The fourth-order valence-corrected chi connectivity index (χ4v) is 1.04. The first-order chi connectivity index (χ1) is 5.99. The summed E-state index contributed by atoms with van der Waals surface area (Å²) in [5.74, 6) is -1.16. The van der Waals surface area contributed by atoms with Crippen molar-refractivity contribution in [3.8, 4) is 0 Å². The maximum Gasteiger partial charge on any atom is 1.00 e. The minimum absolute atomic E-state index is 0. The third kappa shape index (κ3) is 7.01. The van der Waals surface area contributed by atoms with E-state index in [9.17, 15) is 19.1 Å². The van der Waals surface area contributed by atoms with Crippen molar-refractivity contribution in [3.63, 3.8) is 0 Å².